The van der Waals surface area contributed by atoms with Gasteiger partial charge in [0, 0.05) is 25.8 Å². The molecule has 0 aliphatic carbocycles. The zero-order chi connectivity index (χ0) is 24.8. The lowest BCUT2D eigenvalue weighted by Gasteiger charge is -2.38. The Morgan fingerprint density at radius 3 is 2.60 bits per heavy atom. The molecule has 3 aromatic rings. The first-order valence-electron chi connectivity index (χ1n) is 12.0. The minimum atomic E-state index is -0.659. The van der Waals surface area contributed by atoms with Gasteiger partial charge in [-0.1, -0.05) is 54.1 Å². The molecule has 2 atom stereocenters. The summed E-state index contributed by atoms with van der Waals surface area (Å²) in [7, 11) is 1.59. The molecule has 182 valence electrons. The van der Waals surface area contributed by atoms with Gasteiger partial charge < -0.3 is 19.7 Å². The van der Waals surface area contributed by atoms with Crippen molar-refractivity contribution < 1.29 is 19.1 Å². The van der Waals surface area contributed by atoms with E-state index in [1.165, 1.54) is 5.56 Å². The lowest BCUT2D eigenvalue weighted by atomic mass is 9.87. The Morgan fingerprint density at radius 2 is 1.86 bits per heavy atom. The van der Waals surface area contributed by atoms with Crippen molar-refractivity contribution in [1.29, 1.82) is 0 Å². The number of aryl methyl sites for hydroxylation is 1. The fourth-order valence-electron chi connectivity index (χ4n) is 4.51. The van der Waals surface area contributed by atoms with Crippen LogP contribution in [-0.2, 0) is 16.0 Å². The van der Waals surface area contributed by atoms with Gasteiger partial charge >= 0.3 is 0 Å². The number of hydrogen-bond acceptors (Lipinski definition) is 4. The van der Waals surface area contributed by atoms with Crippen LogP contribution >= 0.6 is 0 Å². The fraction of sp³-hybridized carbons (Fsp3) is 0.310. The molecular formula is C29H32N2O4. The summed E-state index contributed by atoms with van der Waals surface area (Å²) in [6.07, 6.45) is 0.0942. The molecule has 2 amide bonds. The highest BCUT2D eigenvalue weighted by Gasteiger charge is 2.33. The lowest BCUT2D eigenvalue weighted by molar-refractivity contribution is -0.127. The van der Waals surface area contributed by atoms with Crippen LogP contribution < -0.4 is 10.1 Å². The number of carbonyl (C=O) groups excluding carboxylic acids is 2. The second-order valence-corrected chi connectivity index (χ2v) is 8.84. The third-order valence-corrected chi connectivity index (χ3v) is 6.27. The number of carbonyl (C=O) groups is 2. The maximum Gasteiger partial charge on any atom is 0.260 e. The Hall–Kier alpha value is -3.64. The molecule has 1 aliphatic heterocycles. The SMILES string of the molecule is COCCNC(=O)[C@@H](C)Oc1ccc2c(c1)[C@H](c1cccc(C)c1)N(C(=O)c1ccccc1)CC2. The minimum absolute atomic E-state index is 0.0000310. The molecular weight excluding hydrogens is 440 g/mol. The molecule has 6 heteroatoms. The van der Waals surface area contributed by atoms with Gasteiger partial charge in [-0.15, -0.1) is 0 Å². The molecule has 0 fully saturated rings. The average Bonchev–Trinajstić information content (AvgIpc) is 2.88. The first-order chi connectivity index (χ1) is 17.0. The van der Waals surface area contributed by atoms with Crippen LogP contribution in [0.5, 0.6) is 5.75 Å². The molecule has 0 bridgehead atoms. The van der Waals surface area contributed by atoms with Crippen molar-refractivity contribution in [3.8, 4) is 5.75 Å². The number of methoxy groups -OCH3 is 1. The molecule has 0 saturated carbocycles. The summed E-state index contributed by atoms with van der Waals surface area (Å²) >= 11 is 0. The van der Waals surface area contributed by atoms with Gasteiger partial charge in [-0.05, 0) is 61.2 Å². The molecule has 35 heavy (non-hydrogen) atoms. The van der Waals surface area contributed by atoms with Crippen LogP contribution in [0.3, 0.4) is 0 Å². The second-order valence-electron chi connectivity index (χ2n) is 8.84. The van der Waals surface area contributed by atoms with Gasteiger partial charge in [-0.3, -0.25) is 9.59 Å². The molecule has 1 aliphatic rings. The number of fused-ring (bicyclic) bond motifs is 1. The van der Waals surface area contributed by atoms with Crippen LogP contribution in [0.4, 0.5) is 0 Å². The van der Waals surface area contributed by atoms with Gasteiger partial charge in [0.2, 0.25) is 0 Å². The van der Waals surface area contributed by atoms with Crippen LogP contribution in [0.1, 0.15) is 45.6 Å². The Morgan fingerprint density at radius 1 is 1.06 bits per heavy atom. The van der Waals surface area contributed by atoms with Crippen molar-refractivity contribution in [2.24, 2.45) is 0 Å². The topological polar surface area (TPSA) is 67.9 Å². The van der Waals surface area contributed by atoms with Gasteiger partial charge in [-0.2, -0.15) is 0 Å². The molecule has 0 spiro atoms. The Kier molecular flexibility index (Phi) is 7.83. The van der Waals surface area contributed by atoms with Crippen LogP contribution in [0.15, 0.2) is 72.8 Å². The summed E-state index contributed by atoms with van der Waals surface area (Å²) in [5.74, 6) is 0.403. The van der Waals surface area contributed by atoms with E-state index in [0.29, 0.717) is 31.0 Å². The normalized spacial score (nSPS) is 15.7. The Balaban J connectivity index is 1.66. The number of nitrogens with one attached hydrogen (secondary N) is 1. The third kappa shape index (κ3) is 5.72. The molecule has 3 aromatic carbocycles. The predicted molar refractivity (Wildman–Crippen MR) is 136 cm³/mol. The van der Waals surface area contributed by atoms with E-state index in [2.05, 4.69) is 30.4 Å². The Bertz CT molecular complexity index is 1180. The van der Waals surface area contributed by atoms with Gasteiger partial charge in [0.1, 0.15) is 5.75 Å². The highest BCUT2D eigenvalue weighted by molar-refractivity contribution is 5.95. The van der Waals surface area contributed by atoms with Crippen LogP contribution in [0.2, 0.25) is 0 Å². The number of benzene rings is 3. The van der Waals surface area contributed by atoms with E-state index < -0.39 is 6.10 Å². The number of ether oxygens (including phenoxy) is 2. The predicted octanol–water partition coefficient (Wildman–Crippen LogP) is 4.31. The molecule has 0 radical (unpaired) electrons. The summed E-state index contributed by atoms with van der Waals surface area (Å²) < 4.78 is 11.0. The van der Waals surface area contributed by atoms with Crippen molar-refractivity contribution in [1.82, 2.24) is 10.2 Å². The maximum atomic E-state index is 13.6. The number of rotatable bonds is 8. The quantitative estimate of drug-likeness (QED) is 0.496. The molecule has 0 aromatic heterocycles. The highest BCUT2D eigenvalue weighted by Crippen LogP contribution is 2.38. The van der Waals surface area contributed by atoms with E-state index >= 15 is 0 Å². The zero-order valence-electron chi connectivity index (χ0n) is 20.5. The zero-order valence-corrected chi connectivity index (χ0v) is 20.5. The van der Waals surface area contributed by atoms with Gasteiger partial charge in [0.25, 0.3) is 11.8 Å². The van der Waals surface area contributed by atoms with E-state index in [1.54, 1.807) is 14.0 Å². The highest BCUT2D eigenvalue weighted by atomic mass is 16.5. The van der Waals surface area contributed by atoms with Gasteiger partial charge in [0.05, 0.1) is 12.6 Å². The summed E-state index contributed by atoms with van der Waals surface area (Å²) in [6.45, 7) is 5.28. The van der Waals surface area contributed by atoms with E-state index in [9.17, 15) is 9.59 Å². The van der Waals surface area contributed by atoms with E-state index in [0.717, 1.165) is 23.1 Å². The molecule has 4 rings (SSSR count). The monoisotopic (exact) mass is 472 g/mol. The first-order valence-corrected chi connectivity index (χ1v) is 12.0. The van der Waals surface area contributed by atoms with E-state index in [1.807, 2.05) is 59.5 Å². The standard InChI is InChI=1S/C29H32N2O4/c1-20-8-7-11-24(18-20)27-26-19-25(35-21(2)28(32)30-15-17-34-3)13-12-22(26)14-16-31(27)29(33)23-9-5-4-6-10-23/h4-13,18-19,21,27H,14-17H2,1-3H3,(H,30,32)/t21-,27+/m1/s1. The van der Waals surface area contributed by atoms with Crippen LogP contribution in [-0.4, -0.2) is 49.6 Å². The van der Waals surface area contributed by atoms with Gasteiger partial charge in [0.15, 0.2) is 6.10 Å². The van der Waals surface area contributed by atoms with Crippen molar-refractivity contribution >= 4 is 11.8 Å². The second kappa shape index (κ2) is 11.2. The lowest BCUT2D eigenvalue weighted by Crippen LogP contribution is -2.41. The van der Waals surface area contributed by atoms with Crippen molar-refractivity contribution in [3.05, 3.63) is 101 Å². The van der Waals surface area contributed by atoms with Crippen molar-refractivity contribution in [3.63, 3.8) is 0 Å². The number of nitrogens with zero attached hydrogens (tertiary/aromatic N) is 1. The largest absolute Gasteiger partial charge is 0.481 e. The minimum Gasteiger partial charge on any atom is -0.481 e. The molecule has 0 saturated heterocycles. The molecule has 1 N–H and O–H groups in total. The smallest absolute Gasteiger partial charge is 0.260 e. The molecule has 1 heterocycles. The summed E-state index contributed by atoms with van der Waals surface area (Å²) in [6, 6.07) is 23.4. The van der Waals surface area contributed by atoms with Crippen molar-refractivity contribution in [2.45, 2.75) is 32.4 Å². The van der Waals surface area contributed by atoms with E-state index in [-0.39, 0.29) is 17.9 Å². The fourth-order valence-corrected chi connectivity index (χ4v) is 4.51. The molecule has 0 unspecified atom stereocenters. The van der Waals surface area contributed by atoms with Crippen LogP contribution in [0.25, 0.3) is 0 Å². The van der Waals surface area contributed by atoms with Crippen LogP contribution in [0, 0.1) is 6.92 Å². The number of amides is 2. The first kappa shape index (κ1) is 24.5. The average molecular weight is 473 g/mol. The van der Waals surface area contributed by atoms with Gasteiger partial charge in [-0.25, -0.2) is 0 Å². The maximum absolute atomic E-state index is 13.6. The van der Waals surface area contributed by atoms with E-state index in [4.69, 9.17) is 9.47 Å². The number of hydrogen-bond donors (Lipinski definition) is 1. The summed E-state index contributed by atoms with van der Waals surface area (Å²) in [5.41, 5.74) is 5.06. The summed E-state index contributed by atoms with van der Waals surface area (Å²) in [4.78, 5) is 27.9. The molecule has 6 nitrogen and oxygen atoms in total. The third-order valence-electron chi connectivity index (χ3n) is 6.27. The Labute approximate surface area is 206 Å². The van der Waals surface area contributed by atoms with Crippen molar-refractivity contribution in [2.75, 3.05) is 26.8 Å². The summed E-state index contributed by atoms with van der Waals surface area (Å²) in [5, 5.41) is 2.81.